The monoisotopic (exact) mass is 269 g/mol. The number of nitrogen functional groups attached to an aromatic ring is 1. The van der Waals surface area contributed by atoms with Crippen LogP contribution in [0.5, 0.6) is 0 Å². The van der Waals surface area contributed by atoms with Crippen LogP contribution in [0.3, 0.4) is 0 Å². The van der Waals surface area contributed by atoms with Crippen molar-refractivity contribution in [1.82, 2.24) is 5.32 Å². The molecular formula is C12H19N3O2S. The van der Waals surface area contributed by atoms with E-state index in [1.807, 2.05) is 6.07 Å². The van der Waals surface area contributed by atoms with Crippen LogP contribution in [0.2, 0.25) is 0 Å². The predicted octanol–water partition coefficient (Wildman–Crippen LogP) is 1.31. The summed E-state index contributed by atoms with van der Waals surface area (Å²) in [7, 11) is 3.37. The molecule has 1 aromatic rings. The summed E-state index contributed by atoms with van der Waals surface area (Å²) in [6.07, 6.45) is 2.39. The van der Waals surface area contributed by atoms with E-state index in [1.165, 1.54) is 11.3 Å². The number of nitrogens with one attached hydrogen (secondary N) is 1. The topological polar surface area (TPSA) is 67.6 Å². The molecule has 18 heavy (non-hydrogen) atoms. The van der Waals surface area contributed by atoms with E-state index in [2.05, 4.69) is 10.2 Å². The number of nitrogens with zero attached hydrogens (tertiary/aromatic N) is 1. The lowest BCUT2D eigenvalue weighted by Gasteiger charge is -2.31. The maximum absolute atomic E-state index is 11.6. The molecule has 100 valence electrons. The first-order valence-electron chi connectivity index (χ1n) is 6.04. The van der Waals surface area contributed by atoms with Gasteiger partial charge in [-0.05, 0) is 18.9 Å². The molecule has 2 heterocycles. The molecule has 0 bridgehead atoms. The minimum Gasteiger partial charge on any atom is -0.397 e. The second kappa shape index (κ2) is 5.58. The number of hydrogen-bond acceptors (Lipinski definition) is 5. The number of ether oxygens (including phenoxy) is 1. The largest absolute Gasteiger partial charge is 0.397 e. The Balaban J connectivity index is 2.08. The number of amides is 1. The van der Waals surface area contributed by atoms with E-state index < -0.39 is 0 Å². The van der Waals surface area contributed by atoms with E-state index >= 15 is 0 Å². The third-order valence-electron chi connectivity index (χ3n) is 3.27. The molecule has 2 rings (SSSR count). The summed E-state index contributed by atoms with van der Waals surface area (Å²) in [4.78, 5) is 14.5. The first-order chi connectivity index (χ1) is 8.65. The highest BCUT2D eigenvalue weighted by Gasteiger charge is 2.22. The Morgan fingerprint density at radius 3 is 2.78 bits per heavy atom. The van der Waals surface area contributed by atoms with Crippen molar-refractivity contribution in [2.45, 2.75) is 18.9 Å². The molecule has 1 aromatic heterocycles. The van der Waals surface area contributed by atoms with Crippen molar-refractivity contribution in [2.75, 3.05) is 37.9 Å². The molecule has 0 unspecified atom stereocenters. The molecule has 0 atom stereocenters. The van der Waals surface area contributed by atoms with Crippen molar-refractivity contribution in [3.63, 3.8) is 0 Å². The molecule has 3 N–H and O–H groups in total. The first kappa shape index (κ1) is 13.2. The van der Waals surface area contributed by atoms with Crippen LogP contribution in [0, 0.1) is 0 Å². The van der Waals surface area contributed by atoms with Gasteiger partial charge in [0.2, 0.25) is 0 Å². The van der Waals surface area contributed by atoms with E-state index in [0.717, 1.165) is 30.9 Å². The standard InChI is InChI=1S/C12H19N3O2S/c1-14-12(16)11-9(13)7-10(18-11)15-5-3-8(17-2)4-6-15/h7-8H,3-6,13H2,1-2H3,(H,14,16). The van der Waals surface area contributed by atoms with Gasteiger partial charge in [0.05, 0.1) is 16.8 Å². The molecule has 0 radical (unpaired) electrons. The summed E-state index contributed by atoms with van der Waals surface area (Å²) >= 11 is 1.46. The summed E-state index contributed by atoms with van der Waals surface area (Å²) in [5, 5.41) is 3.68. The number of methoxy groups -OCH3 is 1. The lowest BCUT2D eigenvalue weighted by Crippen LogP contribution is -2.36. The van der Waals surface area contributed by atoms with E-state index in [4.69, 9.17) is 10.5 Å². The number of carbonyl (C=O) groups is 1. The van der Waals surface area contributed by atoms with Crippen molar-refractivity contribution < 1.29 is 9.53 Å². The van der Waals surface area contributed by atoms with Crippen molar-refractivity contribution in [1.29, 1.82) is 0 Å². The Morgan fingerprint density at radius 2 is 2.22 bits per heavy atom. The molecular weight excluding hydrogens is 250 g/mol. The molecule has 0 aliphatic carbocycles. The number of piperidine rings is 1. The zero-order chi connectivity index (χ0) is 13.1. The summed E-state index contributed by atoms with van der Waals surface area (Å²) in [6.45, 7) is 1.90. The van der Waals surface area contributed by atoms with Gasteiger partial charge in [0.15, 0.2) is 0 Å². The average Bonchev–Trinajstić information content (AvgIpc) is 2.80. The van der Waals surface area contributed by atoms with Gasteiger partial charge in [-0.2, -0.15) is 0 Å². The fourth-order valence-corrected chi connectivity index (χ4v) is 3.23. The number of rotatable bonds is 3. The number of hydrogen-bond donors (Lipinski definition) is 2. The predicted molar refractivity (Wildman–Crippen MR) is 74.4 cm³/mol. The fourth-order valence-electron chi connectivity index (χ4n) is 2.15. The minimum absolute atomic E-state index is 0.115. The first-order valence-corrected chi connectivity index (χ1v) is 6.86. The van der Waals surface area contributed by atoms with Crippen LogP contribution in [0.4, 0.5) is 10.7 Å². The van der Waals surface area contributed by atoms with Crippen LogP contribution in [0.25, 0.3) is 0 Å². The molecule has 0 saturated carbocycles. The molecule has 1 amide bonds. The van der Waals surface area contributed by atoms with Crippen LogP contribution in [0.15, 0.2) is 6.07 Å². The van der Waals surface area contributed by atoms with Crippen LogP contribution in [0.1, 0.15) is 22.5 Å². The van der Waals surface area contributed by atoms with Crippen LogP contribution in [-0.4, -0.2) is 39.3 Å². The van der Waals surface area contributed by atoms with Crippen molar-refractivity contribution >= 4 is 27.9 Å². The van der Waals surface area contributed by atoms with Crippen molar-refractivity contribution in [2.24, 2.45) is 0 Å². The highest BCUT2D eigenvalue weighted by atomic mass is 32.1. The molecule has 0 spiro atoms. The van der Waals surface area contributed by atoms with Gasteiger partial charge in [0.1, 0.15) is 4.88 Å². The second-order valence-corrected chi connectivity index (χ2v) is 5.40. The van der Waals surface area contributed by atoms with Crippen LogP contribution < -0.4 is 16.0 Å². The quantitative estimate of drug-likeness (QED) is 0.868. The number of carbonyl (C=O) groups excluding carboxylic acids is 1. The SMILES string of the molecule is CNC(=O)c1sc(N2CCC(OC)CC2)cc1N. The lowest BCUT2D eigenvalue weighted by atomic mass is 10.1. The van der Waals surface area contributed by atoms with Crippen LogP contribution >= 0.6 is 11.3 Å². The Bertz CT molecular complexity index is 425. The fraction of sp³-hybridized carbons (Fsp3) is 0.583. The highest BCUT2D eigenvalue weighted by Crippen LogP contribution is 2.33. The van der Waals surface area contributed by atoms with Crippen molar-refractivity contribution in [3.05, 3.63) is 10.9 Å². The van der Waals surface area contributed by atoms with Gasteiger partial charge >= 0.3 is 0 Å². The summed E-state index contributed by atoms with van der Waals surface area (Å²) in [5.74, 6) is -0.115. The normalized spacial score (nSPS) is 16.9. The third kappa shape index (κ3) is 2.59. The van der Waals surface area contributed by atoms with Crippen LogP contribution in [-0.2, 0) is 4.74 Å². The summed E-state index contributed by atoms with van der Waals surface area (Å²) in [5.41, 5.74) is 6.43. The average molecular weight is 269 g/mol. The van der Waals surface area contributed by atoms with Gasteiger partial charge in [-0.1, -0.05) is 0 Å². The lowest BCUT2D eigenvalue weighted by molar-refractivity contribution is 0.0820. The van der Waals surface area contributed by atoms with Crippen molar-refractivity contribution in [3.8, 4) is 0 Å². The Kier molecular flexibility index (Phi) is 4.08. The Morgan fingerprint density at radius 1 is 1.56 bits per heavy atom. The highest BCUT2D eigenvalue weighted by molar-refractivity contribution is 7.18. The van der Waals surface area contributed by atoms with Gasteiger partial charge < -0.3 is 20.7 Å². The van der Waals surface area contributed by atoms with Gasteiger partial charge in [0, 0.05) is 27.2 Å². The molecule has 6 heteroatoms. The zero-order valence-corrected chi connectivity index (χ0v) is 11.5. The van der Waals surface area contributed by atoms with E-state index in [0.29, 0.717) is 16.7 Å². The molecule has 1 aliphatic heterocycles. The molecule has 1 saturated heterocycles. The summed E-state index contributed by atoms with van der Waals surface area (Å²) < 4.78 is 5.35. The Labute approximate surface area is 111 Å². The van der Waals surface area contributed by atoms with E-state index in [9.17, 15) is 4.79 Å². The number of nitrogens with two attached hydrogens (primary N) is 1. The summed E-state index contributed by atoms with van der Waals surface area (Å²) in [6, 6.07) is 1.89. The number of anilines is 2. The smallest absolute Gasteiger partial charge is 0.263 e. The number of thiophene rings is 1. The third-order valence-corrected chi connectivity index (χ3v) is 4.48. The van der Waals surface area contributed by atoms with Gasteiger partial charge in [-0.15, -0.1) is 11.3 Å². The van der Waals surface area contributed by atoms with E-state index in [1.54, 1.807) is 14.2 Å². The maximum atomic E-state index is 11.6. The van der Waals surface area contributed by atoms with Gasteiger partial charge in [-0.3, -0.25) is 4.79 Å². The molecule has 1 aliphatic rings. The van der Waals surface area contributed by atoms with Gasteiger partial charge in [-0.25, -0.2) is 0 Å². The second-order valence-electron chi connectivity index (χ2n) is 4.37. The zero-order valence-electron chi connectivity index (χ0n) is 10.7. The Hall–Kier alpha value is -1.27. The molecule has 5 nitrogen and oxygen atoms in total. The maximum Gasteiger partial charge on any atom is 0.263 e. The minimum atomic E-state index is -0.115. The van der Waals surface area contributed by atoms with Gasteiger partial charge in [0.25, 0.3) is 5.91 Å². The van der Waals surface area contributed by atoms with E-state index in [-0.39, 0.29) is 5.91 Å². The molecule has 1 fully saturated rings. The molecule has 0 aromatic carbocycles.